The number of aliphatic hydroxyl groups excluding tert-OH is 1. The molecule has 3 atom stereocenters. The van der Waals surface area contributed by atoms with Crippen LogP contribution in [0.15, 0.2) is 42.5 Å². The van der Waals surface area contributed by atoms with Crippen LogP contribution in [-0.4, -0.2) is 57.3 Å². The largest absolute Gasteiger partial charge is 0.389 e. The van der Waals surface area contributed by atoms with Crippen molar-refractivity contribution in [1.82, 2.24) is 9.80 Å². The van der Waals surface area contributed by atoms with Crippen molar-refractivity contribution in [3.8, 4) is 0 Å². The van der Waals surface area contributed by atoms with Gasteiger partial charge in [0.1, 0.15) is 5.82 Å². The van der Waals surface area contributed by atoms with Gasteiger partial charge in [-0.05, 0) is 37.1 Å². The summed E-state index contributed by atoms with van der Waals surface area (Å²) in [7, 11) is 0. The molecule has 2 heterocycles. The van der Waals surface area contributed by atoms with Crippen LogP contribution < -0.4 is 0 Å². The summed E-state index contributed by atoms with van der Waals surface area (Å²) in [6.07, 6.45) is -0.208. The second kappa shape index (κ2) is 8.57. The molecule has 2 aliphatic heterocycles. The van der Waals surface area contributed by atoms with Crippen molar-refractivity contribution < 1.29 is 19.1 Å². The van der Waals surface area contributed by atoms with E-state index in [2.05, 4.69) is 0 Å². The van der Waals surface area contributed by atoms with Crippen LogP contribution in [0, 0.1) is 12.7 Å². The van der Waals surface area contributed by atoms with E-state index in [1.807, 2.05) is 6.07 Å². The Kier molecular flexibility index (Phi) is 6.04. The van der Waals surface area contributed by atoms with Crippen molar-refractivity contribution in [2.75, 3.05) is 13.1 Å². The molecule has 8 heteroatoms. The molecule has 2 aliphatic rings. The Morgan fingerprint density at radius 1 is 1.20 bits per heavy atom. The molecule has 0 saturated carbocycles. The first-order valence-corrected chi connectivity index (χ1v) is 11.2. The number of fused-ring (bicyclic) bond motifs is 1. The van der Waals surface area contributed by atoms with Gasteiger partial charge in [0.2, 0.25) is 0 Å². The first-order chi connectivity index (χ1) is 14.4. The number of likely N-dealkylation sites (tertiary alicyclic amines) is 2. The summed E-state index contributed by atoms with van der Waals surface area (Å²) in [4.78, 5) is 29.0. The van der Waals surface area contributed by atoms with Gasteiger partial charge in [0.25, 0.3) is 11.1 Å². The molecule has 0 aromatic heterocycles. The van der Waals surface area contributed by atoms with Gasteiger partial charge in [0.15, 0.2) is 0 Å². The molecule has 0 bridgehead atoms. The zero-order valence-electron chi connectivity index (χ0n) is 16.4. The summed E-state index contributed by atoms with van der Waals surface area (Å²) in [6.45, 7) is 2.29. The Morgan fingerprint density at radius 2 is 1.93 bits per heavy atom. The predicted molar refractivity (Wildman–Crippen MR) is 115 cm³/mol. The van der Waals surface area contributed by atoms with Crippen LogP contribution in [-0.2, 0) is 5.75 Å². The lowest BCUT2D eigenvalue weighted by molar-refractivity contribution is 0.0714. The molecular formula is C22H22ClFN2O3S. The van der Waals surface area contributed by atoms with Gasteiger partial charge in [-0.25, -0.2) is 4.39 Å². The number of carbonyl (C=O) groups is 2. The molecule has 2 fully saturated rings. The second-order valence-electron chi connectivity index (χ2n) is 7.64. The third-order valence-electron chi connectivity index (χ3n) is 5.83. The number of hydrogen-bond acceptors (Lipinski definition) is 4. The summed E-state index contributed by atoms with van der Waals surface area (Å²) in [5.74, 6) is -0.428. The molecule has 0 aliphatic carbocycles. The van der Waals surface area contributed by atoms with Crippen molar-refractivity contribution in [3.05, 3.63) is 70.0 Å². The number of aliphatic hydroxyl groups is 1. The average Bonchev–Trinajstić information content (AvgIpc) is 3.32. The average molecular weight is 449 g/mol. The molecule has 2 saturated heterocycles. The monoisotopic (exact) mass is 448 g/mol. The fourth-order valence-electron chi connectivity index (χ4n) is 4.31. The maximum absolute atomic E-state index is 14.4. The van der Waals surface area contributed by atoms with Gasteiger partial charge < -0.3 is 14.9 Å². The summed E-state index contributed by atoms with van der Waals surface area (Å²) >= 11 is 7.08. The molecule has 0 radical (unpaired) electrons. The van der Waals surface area contributed by atoms with E-state index < -0.39 is 18.0 Å². The minimum atomic E-state index is -0.811. The number of aryl methyl sites for hydroxylation is 1. The van der Waals surface area contributed by atoms with Gasteiger partial charge in [-0.15, -0.1) is 0 Å². The number of thioether (sulfide) groups is 1. The molecule has 2 aromatic carbocycles. The lowest BCUT2D eigenvalue weighted by atomic mass is 10.1. The van der Waals surface area contributed by atoms with E-state index in [9.17, 15) is 19.1 Å². The van der Waals surface area contributed by atoms with Crippen molar-refractivity contribution in [3.63, 3.8) is 0 Å². The minimum absolute atomic E-state index is 0.113. The van der Waals surface area contributed by atoms with Crippen LogP contribution in [0.3, 0.4) is 0 Å². The third kappa shape index (κ3) is 3.82. The van der Waals surface area contributed by atoms with E-state index in [1.165, 1.54) is 0 Å². The first kappa shape index (κ1) is 21.2. The summed E-state index contributed by atoms with van der Waals surface area (Å²) in [5.41, 5.74) is 1.35. The van der Waals surface area contributed by atoms with Gasteiger partial charge in [0, 0.05) is 35.0 Å². The number of rotatable bonds is 3. The number of halogens is 2. The SMILES string of the molecule is Cc1ccc(Cl)c(CSC(=O)N2CCC3C2C(O)CN3C(=O)c2ccccc2)c1F. The van der Waals surface area contributed by atoms with Crippen LogP contribution in [0.25, 0.3) is 0 Å². The van der Waals surface area contributed by atoms with Crippen LogP contribution >= 0.6 is 23.4 Å². The lowest BCUT2D eigenvalue weighted by Crippen LogP contribution is -2.43. The molecule has 0 spiro atoms. The number of β-amino-alcohol motifs (C(OH)–C–C–N with tert-alkyl or cyclic N) is 1. The van der Waals surface area contributed by atoms with Crippen LogP contribution in [0.1, 0.15) is 27.9 Å². The molecule has 2 amide bonds. The molecular weight excluding hydrogens is 427 g/mol. The normalized spacial score (nSPS) is 23.0. The zero-order valence-corrected chi connectivity index (χ0v) is 18.0. The summed E-state index contributed by atoms with van der Waals surface area (Å²) in [5, 5.41) is 10.7. The van der Waals surface area contributed by atoms with E-state index >= 15 is 0 Å². The van der Waals surface area contributed by atoms with Gasteiger partial charge in [-0.1, -0.05) is 47.6 Å². The Balaban J connectivity index is 1.45. The standard InChI is InChI=1S/C22H22ClFN2O3S/c1-13-7-8-16(23)15(19(13)24)12-30-22(29)25-10-9-17-20(25)18(27)11-26(17)21(28)14-5-3-2-4-6-14/h2-8,17-18,20,27H,9-12H2,1H3. The van der Waals surface area contributed by atoms with Crippen molar-refractivity contribution in [1.29, 1.82) is 0 Å². The number of carbonyl (C=O) groups excluding carboxylic acids is 2. The highest BCUT2D eigenvalue weighted by Gasteiger charge is 2.51. The quantitative estimate of drug-likeness (QED) is 0.768. The van der Waals surface area contributed by atoms with Gasteiger partial charge in [-0.2, -0.15) is 0 Å². The predicted octanol–water partition coefficient (Wildman–Crippen LogP) is 4.10. The molecule has 2 aromatic rings. The fourth-order valence-corrected chi connectivity index (χ4v) is 5.53. The summed E-state index contributed by atoms with van der Waals surface area (Å²) < 4.78 is 14.4. The first-order valence-electron chi connectivity index (χ1n) is 9.79. The highest BCUT2D eigenvalue weighted by molar-refractivity contribution is 8.12. The lowest BCUT2D eigenvalue weighted by Gasteiger charge is -2.26. The highest BCUT2D eigenvalue weighted by atomic mass is 35.5. The van der Waals surface area contributed by atoms with Crippen LogP contribution in [0.2, 0.25) is 5.02 Å². The topological polar surface area (TPSA) is 60.9 Å². The maximum Gasteiger partial charge on any atom is 0.282 e. The van der Waals surface area contributed by atoms with E-state index in [0.717, 1.165) is 11.8 Å². The number of amides is 2. The van der Waals surface area contributed by atoms with E-state index in [4.69, 9.17) is 11.6 Å². The Morgan fingerprint density at radius 3 is 2.67 bits per heavy atom. The van der Waals surface area contributed by atoms with E-state index in [-0.39, 0.29) is 29.5 Å². The number of benzene rings is 2. The zero-order chi connectivity index (χ0) is 21.4. The Bertz CT molecular complexity index is 974. The van der Waals surface area contributed by atoms with Gasteiger partial charge in [0.05, 0.1) is 18.2 Å². The maximum atomic E-state index is 14.4. The van der Waals surface area contributed by atoms with Crippen LogP contribution in [0.4, 0.5) is 9.18 Å². The van der Waals surface area contributed by atoms with E-state index in [0.29, 0.717) is 34.7 Å². The number of nitrogens with zero attached hydrogens (tertiary/aromatic N) is 2. The minimum Gasteiger partial charge on any atom is -0.389 e. The smallest absolute Gasteiger partial charge is 0.282 e. The molecule has 5 nitrogen and oxygen atoms in total. The molecule has 3 unspecified atom stereocenters. The van der Waals surface area contributed by atoms with Gasteiger partial charge in [-0.3, -0.25) is 9.59 Å². The van der Waals surface area contributed by atoms with Crippen molar-refractivity contribution >= 4 is 34.5 Å². The number of hydrogen-bond donors (Lipinski definition) is 1. The molecule has 4 rings (SSSR count). The Labute approximate surface area is 183 Å². The molecule has 158 valence electrons. The van der Waals surface area contributed by atoms with Crippen molar-refractivity contribution in [2.45, 2.75) is 37.3 Å². The van der Waals surface area contributed by atoms with Crippen LogP contribution in [0.5, 0.6) is 0 Å². The second-order valence-corrected chi connectivity index (χ2v) is 8.98. The van der Waals surface area contributed by atoms with Gasteiger partial charge >= 0.3 is 0 Å². The molecule has 30 heavy (non-hydrogen) atoms. The fraction of sp³-hybridized carbons (Fsp3) is 0.364. The Hall–Kier alpha value is -2.09. The van der Waals surface area contributed by atoms with Crippen molar-refractivity contribution in [2.24, 2.45) is 0 Å². The van der Waals surface area contributed by atoms with E-state index in [1.54, 1.807) is 53.1 Å². The summed E-state index contributed by atoms with van der Waals surface area (Å²) in [6, 6.07) is 11.5. The third-order valence-corrected chi connectivity index (χ3v) is 7.10. The molecule has 1 N–H and O–H groups in total. The highest BCUT2D eigenvalue weighted by Crippen LogP contribution is 2.36.